The quantitative estimate of drug-likeness (QED) is 0.360. The first-order valence-electron chi connectivity index (χ1n) is 3.03. The van der Waals surface area contributed by atoms with E-state index < -0.39 is 0 Å². The molecule has 1 aromatic rings. The van der Waals surface area contributed by atoms with Gasteiger partial charge in [0, 0.05) is 18.9 Å². The van der Waals surface area contributed by atoms with Crippen LogP contribution in [0.2, 0.25) is 0 Å². The topological polar surface area (TPSA) is 53.6 Å². The Morgan fingerprint density at radius 2 is 2.60 bits per heavy atom. The van der Waals surface area contributed by atoms with Crippen molar-refractivity contribution in [2.75, 3.05) is 6.54 Å². The van der Waals surface area contributed by atoms with Gasteiger partial charge in [0.05, 0.1) is 6.54 Å². The van der Waals surface area contributed by atoms with Crippen LogP contribution in [-0.2, 0) is 6.54 Å². The number of aromatic nitrogens is 2. The second-order valence-corrected chi connectivity index (χ2v) is 1.81. The molecule has 0 saturated heterocycles. The number of hydrogen-bond acceptors (Lipinski definition) is 3. The fraction of sp³-hybridized carbons (Fsp3) is 0.333. The summed E-state index contributed by atoms with van der Waals surface area (Å²) in [7, 11) is 0. The molecule has 0 aromatic carbocycles. The Hall–Kier alpha value is -1.50. The first-order chi connectivity index (χ1) is 4.93. The van der Waals surface area contributed by atoms with E-state index in [0.29, 0.717) is 6.54 Å². The van der Waals surface area contributed by atoms with Crippen LogP contribution in [0, 0.1) is 11.5 Å². The molecule has 4 nitrogen and oxygen atoms in total. The van der Waals surface area contributed by atoms with Gasteiger partial charge in [0.15, 0.2) is 6.19 Å². The molecule has 4 heteroatoms. The number of rotatable bonds is 3. The average molecular weight is 136 g/mol. The van der Waals surface area contributed by atoms with Crippen LogP contribution in [0.25, 0.3) is 0 Å². The van der Waals surface area contributed by atoms with Gasteiger partial charge in [0.25, 0.3) is 0 Å². The normalized spacial score (nSPS) is 8.70. The molecular weight excluding hydrogens is 128 g/mol. The van der Waals surface area contributed by atoms with Crippen LogP contribution in [0.3, 0.4) is 0 Å². The Morgan fingerprint density at radius 3 is 3.20 bits per heavy atom. The highest BCUT2D eigenvalue weighted by Crippen LogP contribution is 1.81. The molecule has 0 fully saturated rings. The Balaban J connectivity index is 2.23. The van der Waals surface area contributed by atoms with Crippen LogP contribution >= 0.6 is 0 Å². The van der Waals surface area contributed by atoms with Crippen molar-refractivity contribution in [3.05, 3.63) is 18.5 Å². The van der Waals surface area contributed by atoms with Gasteiger partial charge in [0.2, 0.25) is 0 Å². The zero-order valence-corrected chi connectivity index (χ0v) is 5.49. The molecule has 0 aliphatic rings. The van der Waals surface area contributed by atoms with Crippen molar-refractivity contribution in [3.63, 3.8) is 0 Å². The van der Waals surface area contributed by atoms with Crippen molar-refractivity contribution < 1.29 is 0 Å². The van der Waals surface area contributed by atoms with E-state index in [1.807, 2.05) is 18.5 Å². The molecule has 0 aliphatic carbocycles. The summed E-state index contributed by atoms with van der Waals surface area (Å²) in [4.78, 5) is 0. The highest BCUT2D eigenvalue weighted by molar-refractivity contribution is 4.78. The Morgan fingerprint density at radius 1 is 1.70 bits per heavy atom. The van der Waals surface area contributed by atoms with E-state index in [2.05, 4.69) is 10.4 Å². The van der Waals surface area contributed by atoms with Crippen LogP contribution < -0.4 is 5.32 Å². The summed E-state index contributed by atoms with van der Waals surface area (Å²) < 4.78 is 1.77. The minimum absolute atomic E-state index is 0.637. The minimum Gasteiger partial charge on any atom is -0.322 e. The summed E-state index contributed by atoms with van der Waals surface area (Å²) in [6.07, 6.45) is 5.41. The summed E-state index contributed by atoms with van der Waals surface area (Å²) in [5.41, 5.74) is 0. The smallest absolute Gasteiger partial charge is 0.176 e. The van der Waals surface area contributed by atoms with Crippen molar-refractivity contribution in [1.82, 2.24) is 15.1 Å². The van der Waals surface area contributed by atoms with Crippen LogP contribution in [0.1, 0.15) is 0 Å². The molecule has 52 valence electrons. The standard InChI is InChI=1S/C6H8N4/c7-6-8-3-5-10-4-1-2-9-10/h1-2,4,8H,3,5H2. The van der Waals surface area contributed by atoms with Crippen molar-refractivity contribution in [1.29, 1.82) is 5.26 Å². The number of nitrogens with zero attached hydrogens (tertiary/aromatic N) is 3. The van der Waals surface area contributed by atoms with Crippen LogP contribution in [0.5, 0.6) is 0 Å². The molecule has 0 saturated carbocycles. The predicted molar refractivity (Wildman–Crippen MR) is 35.8 cm³/mol. The highest BCUT2D eigenvalue weighted by Gasteiger charge is 1.86. The zero-order chi connectivity index (χ0) is 7.23. The lowest BCUT2D eigenvalue weighted by molar-refractivity contribution is 0.598. The largest absolute Gasteiger partial charge is 0.322 e. The molecule has 0 atom stereocenters. The van der Waals surface area contributed by atoms with E-state index in [1.165, 1.54) is 0 Å². The summed E-state index contributed by atoms with van der Waals surface area (Å²) in [6, 6.07) is 1.85. The molecule has 0 amide bonds. The molecule has 1 rings (SSSR count). The van der Waals surface area contributed by atoms with Gasteiger partial charge in [-0.25, -0.2) is 0 Å². The summed E-state index contributed by atoms with van der Waals surface area (Å²) >= 11 is 0. The highest BCUT2D eigenvalue weighted by atomic mass is 15.3. The van der Waals surface area contributed by atoms with E-state index in [0.717, 1.165) is 6.54 Å². The average Bonchev–Trinajstić information content (AvgIpc) is 2.41. The maximum Gasteiger partial charge on any atom is 0.176 e. The molecular formula is C6H8N4. The monoisotopic (exact) mass is 136 g/mol. The molecule has 0 unspecified atom stereocenters. The maximum atomic E-state index is 8.10. The summed E-state index contributed by atoms with van der Waals surface area (Å²) in [5, 5.41) is 14.6. The van der Waals surface area contributed by atoms with Gasteiger partial charge in [-0.2, -0.15) is 10.4 Å². The Labute approximate surface area is 59.1 Å². The summed E-state index contributed by atoms with van der Waals surface area (Å²) in [5.74, 6) is 0. The lowest BCUT2D eigenvalue weighted by atomic mass is 10.6. The Bertz CT molecular complexity index is 208. The van der Waals surface area contributed by atoms with Gasteiger partial charge in [0.1, 0.15) is 0 Å². The number of nitriles is 1. The van der Waals surface area contributed by atoms with Crippen LogP contribution in [0.4, 0.5) is 0 Å². The molecule has 10 heavy (non-hydrogen) atoms. The lowest BCUT2D eigenvalue weighted by Crippen LogP contribution is -2.14. The van der Waals surface area contributed by atoms with Crippen molar-refractivity contribution in [2.24, 2.45) is 0 Å². The molecule has 0 aliphatic heterocycles. The first kappa shape index (κ1) is 6.62. The number of hydrogen-bond donors (Lipinski definition) is 1. The third kappa shape index (κ3) is 1.78. The van der Waals surface area contributed by atoms with E-state index in [1.54, 1.807) is 10.9 Å². The molecule has 0 spiro atoms. The van der Waals surface area contributed by atoms with E-state index >= 15 is 0 Å². The second kappa shape index (κ2) is 3.51. The van der Waals surface area contributed by atoms with Gasteiger partial charge in [-0.1, -0.05) is 0 Å². The molecule has 1 N–H and O–H groups in total. The zero-order valence-electron chi connectivity index (χ0n) is 5.49. The minimum atomic E-state index is 0.637. The lowest BCUT2D eigenvalue weighted by Gasteiger charge is -1.96. The van der Waals surface area contributed by atoms with Gasteiger partial charge in [-0.05, 0) is 6.07 Å². The fourth-order valence-electron chi connectivity index (χ4n) is 0.659. The molecule has 1 heterocycles. The van der Waals surface area contributed by atoms with Crippen molar-refractivity contribution >= 4 is 0 Å². The fourth-order valence-corrected chi connectivity index (χ4v) is 0.659. The van der Waals surface area contributed by atoms with Crippen LogP contribution in [0.15, 0.2) is 18.5 Å². The number of nitrogens with one attached hydrogen (secondary N) is 1. The second-order valence-electron chi connectivity index (χ2n) is 1.81. The molecule has 0 radical (unpaired) electrons. The molecule has 0 bridgehead atoms. The third-order valence-corrected chi connectivity index (χ3v) is 1.10. The van der Waals surface area contributed by atoms with E-state index in [4.69, 9.17) is 5.26 Å². The summed E-state index contributed by atoms with van der Waals surface area (Å²) in [6.45, 7) is 1.37. The van der Waals surface area contributed by atoms with E-state index in [9.17, 15) is 0 Å². The third-order valence-electron chi connectivity index (χ3n) is 1.10. The van der Waals surface area contributed by atoms with Crippen LogP contribution in [-0.4, -0.2) is 16.3 Å². The van der Waals surface area contributed by atoms with Gasteiger partial charge < -0.3 is 5.32 Å². The SMILES string of the molecule is N#CNCCn1cccn1. The van der Waals surface area contributed by atoms with Crippen molar-refractivity contribution in [2.45, 2.75) is 6.54 Å². The molecule has 1 aromatic heterocycles. The predicted octanol–water partition coefficient (Wildman–Crippen LogP) is -0.0462. The Kier molecular flexibility index (Phi) is 2.32. The van der Waals surface area contributed by atoms with Crippen molar-refractivity contribution in [3.8, 4) is 6.19 Å². The van der Waals surface area contributed by atoms with Gasteiger partial charge in [-0.3, -0.25) is 4.68 Å². The van der Waals surface area contributed by atoms with Gasteiger partial charge in [-0.15, -0.1) is 0 Å². The maximum absolute atomic E-state index is 8.10. The van der Waals surface area contributed by atoms with Gasteiger partial charge >= 0.3 is 0 Å². The van der Waals surface area contributed by atoms with E-state index in [-0.39, 0.29) is 0 Å². The first-order valence-corrected chi connectivity index (χ1v) is 3.03.